The molecule has 1 heterocycles. The van der Waals surface area contributed by atoms with E-state index in [-0.39, 0.29) is 23.8 Å². The lowest BCUT2D eigenvalue weighted by Crippen LogP contribution is -2.39. The lowest BCUT2D eigenvalue weighted by Gasteiger charge is -2.18. The van der Waals surface area contributed by atoms with Crippen LogP contribution >= 0.6 is 11.8 Å². The van der Waals surface area contributed by atoms with E-state index in [1.54, 1.807) is 11.8 Å². The summed E-state index contributed by atoms with van der Waals surface area (Å²) in [5, 5.41) is 11.9. The van der Waals surface area contributed by atoms with Crippen LogP contribution in [0.15, 0.2) is 0 Å². The van der Waals surface area contributed by atoms with Crippen molar-refractivity contribution in [1.29, 1.82) is 0 Å². The van der Waals surface area contributed by atoms with Crippen molar-refractivity contribution < 1.29 is 9.90 Å². The van der Waals surface area contributed by atoms with Crippen LogP contribution in [0.1, 0.15) is 32.6 Å². The normalized spacial score (nSPS) is 23.4. The second-order valence-electron chi connectivity index (χ2n) is 3.63. The topological polar surface area (TPSA) is 49.3 Å². The zero-order valence-electron chi connectivity index (χ0n) is 8.66. The molecule has 3 nitrogen and oxygen atoms in total. The van der Waals surface area contributed by atoms with E-state index in [4.69, 9.17) is 5.11 Å². The largest absolute Gasteiger partial charge is 0.396 e. The van der Waals surface area contributed by atoms with Crippen LogP contribution < -0.4 is 5.32 Å². The fourth-order valence-electron chi connectivity index (χ4n) is 1.61. The number of aliphatic hydroxyl groups is 1. The van der Waals surface area contributed by atoms with E-state index in [0.717, 1.165) is 25.0 Å². The molecule has 0 saturated carbocycles. The molecule has 1 saturated heterocycles. The minimum absolute atomic E-state index is 0.147. The Morgan fingerprint density at radius 3 is 3.00 bits per heavy atom. The quantitative estimate of drug-likeness (QED) is 0.726. The summed E-state index contributed by atoms with van der Waals surface area (Å²) in [6.07, 6.45) is 3.72. The van der Waals surface area contributed by atoms with Gasteiger partial charge < -0.3 is 10.4 Å². The zero-order chi connectivity index (χ0) is 10.4. The molecule has 0 aliphatic carbocycles. The van der Waals surface area contributed by atoms with Crippen molar-refractivity contribution in [2.75, 3.05) is 12.4 Å². The predicted molar refractivity (Wildman–Crippen MR) is 59.4 cm³/mol. The molecule has 1 aliphatic rings. The van der Waals surface area contributed by atoms with Gasteiger partial charge in [0.2, 0.25) is 5.91 Å². The van der Waals surface area contributed by atoms with Crippen molar-refractivity contribution in [3.8, 4) is 0 Å². The van der Waals surface area contributed by atoms with E-state index >= 15 is 0 Å². The summed E-state index contributed by atoms with van der Waals surface area (Å²) in [5.41, 5.74) is 0. The number of carbonyl (C=O) groups is 1. The van der Waals surface area contributed by atoms with Crippen molar-refractivity contribution >= 4 is 17.7 Å². The van der Waals surface area contributed by atoms with Gasteiger partial charge in [0, 0.05) is 12.6 Å². The summed E-state index contributed by atoms with van der Waals surface area (Å²) in [6.45, 7) is 2.18. The molecule has 0 aromatic rings. The summed E-state index contributed by atoms with van der Waals surface area (Å²) < 4.78 is 0. The lowest BCUT2D eigenvalue weighted by atomic mass is 10.1. The van der Waals surface area contributed by atoms with Crippen LogP contribution in [-0.2, 0) is 4.79 Å². The number of carbonyl (C=O) groups excluding carboxylic acids is 1. The van der Waals surface area contributed by atoms with Crippen LogP contribution in [-0.4, -0.2) is 34.7 Å². The predicted octanol–water partition coefficient (Wildman–Crippen LogP) is 1.16. The van der Waals surface area contributed by atoms with E-state index in [2.05, 4.69) is 5.32 Å². The minimum Gasteiger partial charge on any atom is -0.396 e. The molecular formula is C10H19NO2S. The molecule has 0 aromatic carbocycles. The van der Waals surface area contributed by atoms with Crippen molar-refractivity contribution in [3.63, 3.8) is 0 Å². The Morgan fingerprint density at radius 2 is 2.50 bits per heavy atom. The third kappa shape index (κ3) is 3.50. The molecule has 1 amide bonds. The van der Waals surface area contributed by atoms with Gasteiger partial charge in [-0.05, 0) is 31.4 Å². The lowest BCUT2D eigenvalue weighted by molar-refractivity contribution is -0.121. The molecule has 0 spiro atoms. The van der Waals surface area contributed by atoms with Crippen molar-refractivity contribution in [2.45, 2.75) is 43.9 Å². The summed E-state index contributed by atoms with van der Waals surface area (Å²) in [6, 6.07) is 0.147. The van der Waals surface area contributed by atoms with Gasteiger partial charge >= 0.3 is 0 Å². The van der Waals surface area contributed by atoms with Crippen LogP contribution in [0.25, 0.3) is 0 Å². The average Bonchev–Trinajstić information content (AvgIpc) is 2.69. The third-order valence-corrected chi connectivity index (χ3v) is 3.92. The van der Waals surface area contributed by atoms with Gasteiger partial charge in [-0.15, -0.1) is 11.8 Å². The monoisotopic (exact) mass is 217 g/mol. The van der Waals surface area contributed by atoms with Crippen LogP contribution in [0.5, 0.6) is 0 Å². The Kier molecular flexibility index (Phi) is 5.33. The second kappa shape index (κ2) is 6.30. The van der Waals surface area contributed by atoms with E-state index in [1.807, 2.05) is 6.92 Å². The van der Waals surface area contributed by atoms with Crippen molar-refractivity contribution in [2.24, 2.45) is 0 Å². The number of amides is 1. The molecule has 2 N–H and O–H groups in total. The third-order valence-electron chi connectivity index (χ3n) is 2.54. The maximum absolute atomic E-state index is 11.7. The van der Waals surface area contributed by atoms with Gasteiger partial charge in [-0.2, -0.15) is 0 Å². The molecule has 14 heavy (non-hydrogen) atoms. The Bertz CT molecular complexity index is 181. The fraction of sp³-hybridized carbons (Fsp3) is 0.900. The minimum atomic E-state index is 0.147. The highest BCUT2D eigenvalue weighted by atomic mass is 32.2. The van der Waals surface area contributed by atoms with Gasteiger partial charge in [-0.3, -0.25) is 4.79 Å². The fourth-order valence-corrected chi connectivity index (χ4v) is 2.78. The summed E-state index contributed by atoms with van der Waals surface area (Å²) in [7, 11) is 0. The van der Waals surface area contributed by atoms with Gasteiger partial charge in [0.05, 0.1) is 5.25 Å². The second-order valence-corrected chi connectivity index (χ2v) is 4.94. The number of hydrogen-bond acceptors (Lipinski definition) is 3. The molecule has 2 unspecified atom stereocenters. The first-order valence-corrected chi connectivity index (χ1v) is 6.35. The maximum atomic E-state index is 11.7. The van der Waals surface area contributed by atoms with Gasteiger partial charge in [0.15, 0.2) is 0 Å². The summed E-state index contributed by atoms with van der Waals surface area (Å²) >= 11 is 1.75. The molecule has 4 heteroatoms. The number of aliphatic hydroxyl groups excluding tert-OH is 1. The van der Waals surface area contributed by atoms with Gasteiger partial charge in [0.25, 0.3) is 0 Å². The molecule has 1 rings (SSSR count). The highest BCUT2D eigenvalue weighted by molar-refractivity contribution is 8.00. The van der Waals surface area contributed by atoms with E-state index in [1.165, 1.54) is 0 Å². The Morgan fingerprint density at radius 1 is 1.71 bits per heavy atom. The van der Waals surface area contributed by atoms with Gasteiger partial charge in [-0.1, -0.05) is 6.92 Å². The molecule has 1 fully saturated rings. The number of rotatable bonds is 5. The van der Waals surface area contributed by atoms with Crippen molar-refractivity contribution in [3.05, 3.63) is 0 Å². The van der Waals surface area contributed by atoms with Crippen molar-refractivity contribution in [1.82, 2.24) is 5.32 Å². The Labute approximate surface area is 89.6 Å². The molecule has 0 radical (unpaired) electrons. The molecule has 1 aliphatic heterocycles. The number of nitrogens with one attached hydrogen (secondary N) is 1. The molecule has 2 atom stereocenters. The van der Waals surface area contributed by atoms with Gasteiger partial charge in [-0.25, -0.2) is 0 Å². The average molecular weight is 217 g/mol. The van der Waals surface area contributed by atoms with Gasteiger partial charge in [0.1, 0.15) is 0 Å². The zero-order valence-corrected chi connectivity index (χ0v) is 9.48. The first-order valence-electron chi connectivity index (χ1n) is 5.30. The smallest absolute Gasteiger partial charge is 0.233 e. The Balaban J connectivity index is 2.29. The number of thioether (sulfide) groups is 1. The van der Waals surface area contributed by atoms with E-state index < -0.39 is 0 Å². The van der Waals surface area contributed by atoms with E-state index in [0.29, 0.717) is 6.42 Å². The summed E-state index contributed by atoms with van der Waals surface area (Å²) in [4.78, 5) is 11.7. The van der Waals surface area contributed by atoms with Crippen LogP contribution in [0.3, 0.4) is 0 Å². The molecule has 82 valence electrons. The SMILES string of the molecule is CCC(CCO)NC(=O)C1CCCS1. The highest BCUT2D eigenvalue weighted by Gasteiger charge is 2.24. The summed E-state index contributed by atoms with van der Waals surface area (Å²) in [5.74, 6) is 1.27. The van der Waals surface area contributed by atoms with Crippen LogP contribution in [0, 0.1) is 0 Å². The molecule has 0 bridgehead atoms. The molecular weight excluding hydrogens is 198 g/mol. The highest BCUT2D eigenvalue weighted by Crippen LogP contribution is 2.26. The molecule has 0 aromatic heterocycles. The van der Waals surface area contributed by atoms with Crippen LogP contribution in [0.4, 0.5) is 0 Å². The van der Waals surface area contributed by atoms with E-state index in [9.17, 15) is 4.79 Å². The first kappa shape index (κ1) is 11.9. The first-order chi connectivity index (χ1) is 6.77. The maximum Gasteiger partial charge on any atom is 0.233 e. The number of hydrogen-bond donors (Lipinski definition) is 2. The van der Waals surface area contributed by atoms with Crippen LogP contribution in [0.2, 0.25) is 0 Å². The Hall–Kier alpha value is -0.220. The standard InChI is InChI=1S/C10H19NO2S/c1-2-8(5-6-12)11-10(13)9-4-3-7-14-9/h8-9,12H,2-7H2,1H3,(H,11,13).